The van der Waals surface area contributed by atoms with Gasteiger partial charge >= 0.3 is 0 Å². The Morgan fingerprint density at radius 3 is 2.50 bits per heavy atom. The van der Waals surface area contributed by atoms with Crippen molar-refractivity contribution in [3.63, 3.8) is 0 Å². The molecule has 0 aliphatic rings. The van der Waals surface area contributed by atoms with Crippen LogP contribution in [-0.2, 0) is 6.54 Å². The van der Waals surface area contributed by atoms with E-state index in [1.54, 1.807) is 22.7 Å². The SMILES string of the molecule is Clc1cccc(Cl)c1NCc1cc(-c2cccs2)cs1. The predicted molar refractivity (Wildman–Crippen MR) is 91.4 cm³/mol. The first-order chi connectivity index (χ1) is 9.74. The molecule has 5 heteroatoms. The van der Waals surface area contributed by atoms with Gasteiger partial charge in [-0.15, -0.1) is 22.7 Å². The van der Waals surface area contributed by atoms with Gasteiger partial charge in [0.1, 0.15) is 0 Å². The van der Waals surface area contributed by atoms with Crippen molar-refractivity contribution in [3.8, 4) is 10.4 Å². The number of thiophene rings is 2. The molecule has 3 aromatic rings. The van der Waals surface area contributed by atoms with Crippen molar-refractivity contribution in [2.24, 2.45) is 0 Å². The van der Waals surface area contributed by atoms with Crippen LogP contribution in [0, 0.1) is 0 Å². The van der Waals surface area contributed by atoms with E-state index in [0.717, 1.165) is 12.2 Å². The van der Waals surface area contributed by atoms with Gasteiger partial charge in [0.2, 0.25) is 0 Å². The van der Waals surface area contributed by atoms with Gasteiger partial charge in [0.25, 0.3) is 0 Å². The number of halogens is 2. The van der Waals surface area contributed by atoms with Crippen LogP contribution in [0.2, 0.25) is 10.0 Å². The minimum Gasteiger partial charge on any atom is -0.378 e. The highest BCUT2D eigenvalue weighted by atomic mass is 35.5. The number of anilines is 1. The molecule has 0 atom stereocenters. The van der Waals surface area contributed by atoms with Crippen LogP contribution in [0.5, 0.6) is 0 Å². The molecule has 0 fully saturated rings. The van der Waals surface area contributed by atoms with Crippen molar-refractivity contribution >= 4 is 51.6 Å². The van der Waals surface area contributed by atoms with Crippen molar-refractivity contribution in [2.45, 2.75) is 6.54 Å². The van der Waals surface area contributed by atoms with Crippen LogP contribution in [0.3, 0.4) is 0 Å². The summed E-state index contributed by atoms with van der Waals surface area (Å²) in [6.45, 7) is 0.722. The van der Waals surface area contributed by atoms with E-state index < -0.39 is 0 Å². The van der Waals surface area contributed by atoms with Gasteiger partial charge < -0.3 is 5.32 Å². The van der Waals surface area contributed by atoms with Crippen molar-refractivity contribution in [1.29, 1.82) is 0 Å². The molecule has 0 saturated carbocycles. The predicted octanol–water partition coefficient (Wildman–Crippen LogP) is 6.40. The molecule has 0 saturated heterocycles. The van der Waals surface area contributed by atoms with E-state index in [0.29, 0.717) is 10.0 Å². The van der Waals surface area contributed by atoms with E-state index in [2.05, 4.69) is 34.3 Å². The first-order valence-corrected chi connectivity index (χ1v) is 8.55. The van der Waals surface area contributed by atoms with Crippen LogP contribution >= 0.6 is 45.9 Å². The minimum atomic E-state index is 0.646. The van der Waals surface area contributed by atoms with Crippen molar-refractivity contribution in [2.75, 3.05) is 5.32 Å². The first kappa shape index (κ1) is 14.0. The van der Waals surface area contributed by atoms with E-state index >= 15 is 0 Å². The van der Waals surface area contributed by atoms with E-state index in [9.17, 15) is 0 Å². The van der Waals surface area contributed by atoms with E-state index in [1.165, 1.54) is 15.3 Å². The molecule has 0 radical (unpaired) electrons. The Kier molecular flexibility index (Phi) is 4.32. The molecule has 0 bridgehead atoms. The largest absolute Gasteiger partial charge is 0.378 e. The molecule has 1 N–H and O–H groups in total. The van der Waals surface area contributed by atoms with Gasteiger partial charge in [-0.25, -0.2) is 0 Å². The van der Waals surface area contributed by atoms with Crippen LogP contribution in [0.4, 0.5) is 5.69 Å². The molecule has 3 rings (SSSR count). The standard InChI is InChI=1S/C15H11Cl2NS2/c16-12-3-1-4-13(17)15(12)18-8-11-7-10(9-20-11)14-5-2-6-19-14/h1-7,9,18H,8H2. The normalized spacial score (nSPS) is 10.7. The summed E-state index contributed by atoms with van der Waals surface area (Å²) >= 11 is 15.8. The number of para-hydroxylation sites is 1. The third kappa shape index (κ3) is 3.01. The summed E-state index contributed by atoms with van der Waals surface area (Å²) in [5.74, 6) is 0. The molecule has 1 aromatic carbocycles. The van der Waals surface area contributed by atoms with Crippen LogP contribution in [0.25, 0.3) is 10.4 Å². The summed E-state index contributed by atoms with van der Waals surface area (Å²) in [6.07, 6.45) is 0. The number of nitrogens with one attached hydrogen (secondary N) is 1. The summed E-state index contributed by atoms with van der Waals surface area (Å²) in [7, 11) is 0. The molecule has 0 amide bonds. The minimum absolute atomic E-state index is 0.646. The lowest BCUT2D eigenvalue weighted by Gasteiger charge is -2.08. The highest BCUT2D eigenvalue weighted by Gasteiger charge is 2.07. The van der Waals surface area contributed by atoms with Crippen molar-refractivity contribution < 1.29 is 0 Å². The average molecular weight is 340 g/mol. The fourth-order valence-corrected chi connectivity index (χ4v) is 4.03. The Labute approximate surface area is 135 Å². The lowest BCUT2D eigenvalue weighted by molar-refractivity contribution is 1.19. The molecule has 2 aromatic heterocycles. The third-order valence-electron chi connectivity index (χ3n) is 2.86. The number of hydrogen-bond donors (Lipinski definition) is 1. The summed E-state index contributed by atoms with van der Waals surface area (Å²) in [6, 6.07) is 11.9. The lowest BCUT2D eigenvalue weighted by Crippen LogP contribution is -1.98. The molecule has 2 heterocycles. The van der Waals surface area contributed by atoms with E-state index in [1.807, 2.05) is 18.2 Å². The molecule has 0 aliphatic carbocycles. The molecule has 102 valence electrons. The zero-order valence-electron chi connectivity index (χ0n) is 10.4. The van der Waals surface area contributed by atoms with Crippen LogP contribution in [0.1, 0.15) is 4.88 Å². The van der Waals surface area contributed by atoms with E-state index in [4.69, 9.17) is 23.2 Å². The Morgan fingerprint density at radius 2 is 1.80 bits per heavy atom. The lowest BCUT2D eigenvalue weighted by atomic mass is 10.2. The highest BCUT2D eigenvalue weighted by Crippen LogP contribution is 2.32. The van der Waals surface area contributed by atoms with Gasteiger partial charge in [0.05, 0.1) is 15.7 Å². The summed E-state index contributed by atoms with van der Waals surface area (Å²) in [5, 5.41) is 8.87. The summed E-state index contributed by atoms with van der Waals surface area (Å²) < 4.78 is 0. The average Bonchev–Trinajstić information content (AvgIpc) is 3.09. The summed E-state index contributed by atoms with van der Waals surface area (Å²) in [5.41, 5.74) is 2.06. The fraction of sp³-hybridized carbons (Fsp3) is 0.0667. The Hall–Kier alpha value is -1.00. The van der Waals surface area contributed by atoms with E-state index in [-0.39, 0.29) is 0 Å². The molecule has 1 nitrogen and oxygen atoms in total. The molecule has 0 aliphatic heterocycles. The second-order valence-corrected chi connectivity index (χ2v) is 6.99. The second kappa shape index (κ2) is 6.19. The van der Waals surface area contributed by atoms with Gasteiger partial charge in [0.15, 0.2) is 0 Å². The monoisotopic (exact) mass is 339 g/mol. The fourth-order valence-electron chi connectivity index (χ4n) is 1.89. The maximum atomic E-state index is 6.14. The molecule has 20 heavy (non-hydrogen) atoms. The Morgan fingerprint density at radius 1 is 1.00 bits per heavy atom. The highest BCUT2D eigenvalue weighted by molar-refractivity contribution is 7.14. The smallest absolute Gasteiger partial charge is 0.0721 e. The number of hydrogen-bond acceptors (Lipinski definition) is 3. The maximum absolute atomic E-state index is 6.14. The topological polar surface area (TPSA) is 12.0 Å². The van der Waals surface area contributed by atoms with Crippen LogP contribution in [-0.4, -0.2) is 0 Å². The van der Waals surface area contributed by atoms with Gasteiger partial charge in [-0.3, -0.25) is 0 Å². The second-order valence-electron chi connectivity index (χ2n) is 4.23. The van der Waals surface area contributed by atoms with Gasteiger partial charge in [-0.05, 0) is 35.0 Å². The van der Waals surface area contributed by atoms with Crippen molar-refractivity contribution in [3.05, 3.63) is 62.1 Å². The third-order valence-corrected chi connectivity index (χ3v) is 5.35. The maximum Gasteiger partial charge on any atom is 0.0721 e. The molecule has 0 spiro atoms. The van der Waals surface area contributed by atoms with Gasteiger partial charge in [-0.2, -0.15) is 0 Å². The number of benzene rings is 1. The quantitative estimate of drug-likeness (QED) is 0.580. The van der Waals surface area contributed by atoms with Gasteiger partial charge in [-0.1, -0.05) is 35.3 Å². The van der Waals surface area contributed by atoms with Crippen LogP contribution < -0.4 is 5.32 Å². The Balaban J connectivity index is 1.73. The zero-order chi connectivity index (χ0) is 13.9. The zero-order valence-corrected chi connectivity index (χ0v) is 13.5. The summed E-state index contributed by atoms with van der Waals surface area (Å²) in [4.78, 5) is 2.55. The van der Waals surface area contributed by atoms with Crippen LogP contribution in [0.15, 0.2) is 47.2 Å². The number of rotatable bonds is 4. The Bertz CT molecular complexity index is 684. The van der Waals surface area contributed by atoms with Crippen molar-refractivity contribution in [1.82, 2.24) is 0 Å². The molecular weight excluding hydrogens is 329 g/mol. The molecule has 0 unspecified atom stereocenters. The molecular formula is C15H11Cl2NS2. The first-order valence-electron chi connectivity index (χ1n) is 6.03. The van der Waals surface area contributed by atoms with Gasteiger partial charge in [0, 0.05) is 21.9 Å².